The molecule has 9 heteroatoms. The lowest BCUT2D eigenvalue weighted by molar-refractivity contribution is -0.140. The lowest BCUT2D eigenvalue weighted by atomic mass is 10.3. The average molecular weight is 444 g/mol. The monoisotopic (exact) mass is 442 g/mol. The minimum Gasteiger partial charge on any atom is -0.468 e. The number of carbonyl (C=O) groups is 1. The Morgan fingerprint density at radius 1 is 1.38 bits per heavy atom. The quantitative estimate of drug-likeness (QED) is 0.538. The van der Waals surface area contributed by atoms with Gasteiger partial charge in [-0.25, -0.2) is 8.42 Å². The zero-order valence-electron chi connectivity index (χ0n) is 11.6. The Bertz CT molecular complexity index is 611. The van der Waals surface area contributed by atoms with E-state index in [1.807, 2.05) is 6.92 Å². The number of rotatable bonds is 6. The number of nitrogens with two attached hydrogens (primary N) is 1. The van der Waals surface area contributed by atoms with Gasteiger partial charge in [-0.3, -0.25) is 4.79 Å². The highest BCUT2D eigenvalue weighted by molar-refractivity contribution is 9.11. The molecule has 0 heterocycles. The summed E-state index contributed by atoms with van der Waals surface area (Å²) in [5, 5.41) is 0. The number of sulfonamides is 1. The number of hydrogen-bond acceptors (Lipinski definition) is 5. The highest BCUT2D eigenvalue weighted by Crippen LogP contribution is 2.33. The Morgan fingerprint density at radius 3 is 2.48 bits per heavy atom. The molecule has 0 unspecified atom stereocenters. The predicted molar refractivity (Wildman–Crippen MR) is 87.3 cm³/mol. The molecule has 0 spiro atoms. The summed E-state index contributed by atoms with van der Waals surface area (Å²) in [5.74, 6) is -0.626. The molecule has 0 fully saturated rings. The molecule has 0 aromatic heterocycles. The number of benzene rings is 1. The summed E-state index contributed by atoms with van der Waals surface area (Å²) in [4.78, 5) is 11.4. The van der Waals surface area contributed by atoms with Gasteiger partial charge >= 0.3 is 5.97 Å². The molecule has 6 nitrogen and oxygen atoms in total. The Balaban J connectivity index is 3.32. The summed E-state index contributed by atoms with van der Waals surface area (Å²) in [6.45, 7) is 1.66. The second-order valence-electron chi connectivity index (χ2n) is 4.22. The Morgan fingerprint density at radius 2 is 2.00 bits per heavy atom. The third-order valence-electron chi connectivity index (χ3n) is 2.64. The average Bonchev–Trinajstić information content (AvgIpc) is 2.36. The van der Waals surface area contributed by atoms with Crippen LogP contribution in [0.4, 0.5) is 5.69 Å². The fourth-order valence-electron chi connectivity index (χ4n) is 1.72. The molecule has 0 amide bonds. The van der Waals surface area contributed by atoms with Crippen molar-refractivity contribution >= 4 is 53.5 Å². The largest absolute Gasteiger partial charge is 0.468 e. The summed E-state index contributed by atoms with van der Waals surface area (Å²) >= 11 is 6.45. The van der Waals surface area contributed by atoms with Gasteiger partial charge in [0, 0.05) is 15.5 Å². The van der Waals surface area contributed by atoms with Crippen molar-refractivity contribution in [3.8, 4) is 0 Å². The van der Waals surface area contributed by atoms with Crippen LogP contribution in [0.5, 0.6) is 0 Å². The molecular weight excluding hydrogens is 428 g/mol. The zero-order valence-corrected chi connectivity index (χ0v) is 15.6. The van der Waals surface area contributed by atoms with Crippen molar-refractivity contribution in [2.75, 3.05) is 25.9 Å². The van der Waals surface area contributed by atoms with E-state index in [1.54, 1.807) is 6.07 Å². The van der Waals surface area contributed by atoms with Gasteiger partial charge in [0.1, 0.15) is 11.4 Å². The van der Waals surface area contributed by atoms with Crippen molar-refractivity contribution < 1.29 is 17.9 Å². The van der Waals surface area contributed by atoms with Crippen molar-refractivity contribution in [1.82, 2.24) is 4.31 Å². The fourth-order valence-corrected chi connectivity index (χ4v) is 5.21. The number of esters is 1. The Labute approximate surface area is 140 Å². The van der Waals surface area contributed by atoms with E-state index in [9.17, 15) is 13.2 Å². The highest BCUT2D eigenvalue weighted by Gasteiger charge is 2.30. The molecule has 0 saturated heterocycles. The van der Waals surface area contributed by atoms with Gasteiger partial charge in [0.05, 0.1) is 12.8 Å². The molecule has 1 aromatic rings. The maximum atomic E-state index is 12.7. The first-order chi connectivity index (χ1) is 9.73. The van der Waals surface area contributed by atoms with Crippen LogP contribution < -0.4 is 5.73 Å². The van der Waals surface area contributed by atoms with Gasteiger partial charge in [0.2, 0.25) is 10.0 Å². The molecule has 0 bridgehead atoms. The number of hydrogen-bond donors (Lipinski definition) is 1. The van der Waals surface area contributed by atoms with Gasteiger partial charge in [-0.1, -0.05) is 22.9 Å². The summed E-state index contributed by atoms with van der Waals surface area (Å²) in [5.41, 5.74) is 5.92. The minimum absolute atomic E-state index is 0.0527. The maximum Gasteiger partial charge on any atom is 0.321 e. The van der Waals surface area contributed by atoms with Gasteiger partial charge in [-0.05, 0) is 34.5 Å². The van der Waals surface area contributed by atoms with E-state index in [0.717, 1.165) is 4.31 Å². The van der Waals surface area contributed by atoms with Crippen LogP contribution in [0, 0.1) is 0 Å². The summed E-state index contributed by atoms with van der Waals surface area (Å²) < 4.78 is 32.0. The molecule has 0 aliphatic heterocycles. The van der Waals surface area contributed by atoms with Crippen molar-refractivity contribution in [1.29, 1.82) is 0 Å². The van der Waals surface area contributed by atoms with E-state index >= 15 is 0 Å². The van der Waals surface area contributed by atoms with E-state index in [2.05, 4.69) is 36.6 Å². The van der Waals surface area contributed by atoms with Crippen LogP contribution in [0.15, 0.2) is 26.0 Å². The molecule has 1 aromatic carbocycles. The molecule has 0 aliphatic carbocycles. The smallest absolute Gasteiger partial charge is 0.321 e. The van der Waals surface area contributed by atoms with Crippen LogP contribution in [0.3, 0.4) is 0 Å². The Hall–Kier alpha value is -0.640. The molecule has 0 aliphatic rings. The number of halogens is 2. The second-order valence-corrected chi connectivity index (χ2v) is 7.87. The van der Waals surface area contributed by atoms with Crippen LogP contribution in [0.1, 0.15) is 13.3 Å². The van der Waals surface area contributed by atoms with Crippen molar-refractivity contribution in [3.63, 3.8) is 0 Å². The molecule has 118 valence electrons. The number of nitrogen functional groups attached to an aromatic ring is 1. The summed E-state index contributed by atoms with van der Waals surface area (Å²) in [6, 6.07) is 3.09. The topological polar surface area (TPSA) is 89.7 Å². The second kappa shape index (κ2) is 7.57. The van der Waals surface area contributed by atoms with Crippen LogP contribution in [-0.2, 0) is 19.6 Å². The first-order valence-corrected chi connectivity index (χ1v) is 9.08. The normalized spacial score (nSPS) is 11.7. The summed E-state index contributed by atoms with van der Waals surface area (Å²) in [7, 11) is -2.70. The number of nitrogens with zero attached hydrogens (tertiary/aromatic N) is 1. The van der Waals surface area contributed by atoms with Crippen molar-refractivity contribution in [2.45, 2.75) is 18.2 Å². The van der Waals surface area contributed by atoms with Gasteiger partial charge in [0.15, 0.2) is 0 Å². The van der Waals surface area contributed by atoms with Crippen LogP contribution in [0.25, 0.3) is 0 Å². The van der Waals surface area contributed by atoms with E-state index in [-0.39, 0.29) is 23.7 Å². The van der Waals surface area contributed by atoms with E-state index in [1.165, 1.54) is 13.2 Å². The third-order valence-corrected chi connectivity index (χ3v) is 5.95. The number of carbonyl (C=O) groups excluding carboxylic acids is 1. The zero-order chi connectivity index (χ0) is 16.2. The number of methoxy groups -OCH3 is 1. The van der Waals surface area contributed by atoms with Gasteiger partial charge in [-0.15, -0.1) is 0 Å². The SMILES string of the molecule is CCCN(CC(=O)OC)S(=O)(=O)c1c(N)cc(Br)cc1Br. The first kappa shape index (κ1) is 18.4. The van der Waals surface area contributed by atoms with E-state index in [4.69, 9.17) is 5.73 Å². The standard InChI is InChI=1S/C12H16Br2N2O4S/c1-3-4-16(7-11(17)20-2)21(18,19)12-9(14)5-8(13)6-10(12)15/h5-6H,3-4,7,15H2,1-2H3. The molecule has 21 heavy (non-hydrogen) atoms. The van der Waals surface area contributed by atoms with Crippen molar-refractivity contribution in [3.05, 3.63) is 21.1 Å². The number of ether oxygens (including phenoxy) is 1. The molecule has 0 atom stereocenters. The lowest BCUT2D eigenvalue weighted by Gasteiger charge is -2.22. The Kier molecular flexibility index (Phi) is 6.64. The van der Waals surface area contributed by atoms with E-state index in [0.29, 0.717) is 15.4 Å². The van der Waals surface area contributed by atoms with Gasteiger partial charge in [0.25, 0.3) is 0 Å². The maximum absolute atomic E-state index is 12.7. The molecule has 2 N–H and O–H groups in total. The van der Waals surface area contributed by atoms with Crippen LogP contribution in [-0.4, -0.2) is 38.9 Å². The molecule has 0 saturated carbocycles. The summed E-state index contributed by atoms with van der Waals surface area (Å²) in [6.07, 6.45) is 0.560. The lowest BCUT2D eigenvalue weighted by Crippen LogP contribution is -2.37. The first-order valence-electron chi connectivity index (χ1n) is 6.05. The van der Waals surface area contributed by atoms with Gasteiger partial charge in [-0.2, -0.15) is 4.31 Å². The van der Waals surface area contributed by atoms with Crippen molar-refractivity contribution in [2.24, 2.45) is 0 Å². The number of anilines is 1. The molecule has 1 rings (SSSR count). The highest BCUT2D eigenvalue weighted by atomic mass is 79.9. The minimum atomic E-state index is -3.91. The molecular formula is C12H16Br2N2O4S. The molecule has 0 radical (unpaired) electrons. The fraction of sp³-hybridized carbons (Fsp3) is 0.417. The van der Waals surface area contributed by atoms with Crippen LogP contribution in [0.2, 0.25) is 0 Å². The third kappa shape index (κ3) is 4.41. The predicted octanol–water partition coefficient (Wildman–Crippen LogP) is 2.37. The van der Waals surface area contributed by atoms with Crippen LogP contribution >= 0.6 is 31.9 Å². The van der Waals surface area contributed by atoms with Gasteiger partial charge < -0.3 is 10.5 Å². The van der Waals surface area contributed by atoms with E-state index < -0.39 is 16.0 Å².